The van der Waals surface area contributed by atoms with Crippen molar-refractivity contribution in [3.05, 3.63) is 35.4 Å². The molecule has 1 aromatic rings. The minimum absolute atomic E-state index is 0. The average molecular weight is 490 g/mol. The number of carbonyl (C=O) groups excluding carboxylic acids is 1. The van der Waals surface area contributed by atoms with Crippen LogP contribution in [0, 0.1) is 0 Å². The van der Waals surface area contributed by atoms with Crippen molar-refractivity contribution in [1.82, 2.24) is 15.5 Å². The third-order valence-electron chi connectivity index (χ3n) is 4.29. The summed E-state index contributed by atoms with van der Waals surface area (Å²) in [6.45, 7) is 3.27. The van der Waals surface area contributed by atoms with Crippen LogP contribution in [-0.2, 0) is 17.9 Å². The van der Waals surface area contributed by atoms with Crippen LogP contribution < -0.4 is 10.6 Å². The Labute approximate surface area is 178 Å². The van der Waals surface area contributed by atoms with Crippen molar-refractivity contribution in [2.45, 2.75) is 38.8 Å². The Morgan fingerprint density at radius 1 is 1.27 bits per heavy atom. The zero-order valence-corrected chi connectivity index (χ0v) is 18.9. The van der Waals surface area contributed by atoms with Gasteiger partial charge < -0.3 is 15.5 Å². The summed E-state index contributed by atoms with van der Waals surface area (Å²) in [6.07, 6.45) is 6.20. The number of carbonyl (C=O) groups is 1. The number of hydrogen-bond acceptors (Lipinski definition) is 3. The highest BCUT2D eigenvalue weighted by Crippen LogP contribution is 2.15. The molecule has 2 N–H and O–H groups in total. The Bertz CT molecular complexity index is 582. The van der Waals surface area contributed by atoms with E-state index in [-0.39, 0.29) is 29.9 Å². The fourth-order valence-corrected chi connectivity index (χ4v) is 3.41. The smallest absolute Gasteiger partial charge is 0.222 e. The predicted octanol–water partition coefficient (Wildman–Crippen LogP) is 3.24. The van der Waals surface area contributed by atoms with E-state index in [0.717, 1.165) is 45.0 Å². The molecule has 1 aliphatic rings. The number of unbranched alkanes of at least 4 members (excludes halogenated alkanes) is 1. The van der Waals surface area contributed by atoms with Gasteiger partial charge in [0.2, 0.25) is 5.91 Å². The zero-order valence-electron chi connectivity index (χ0n) is 15.8. The molecule has 0 aromatic heterocycles. The highest BCUT2D eigenvalue weighted by Gasteiger charge is 2.19. The molecule has 1 heterocycles. The van der Waals surface area contributed by atoms with E-state index in [1.807, 2.05) is 16.7 Å². The second kappa shape index (κ2) is 13.2. The molecule has 1 saturated heterocycles. The first-order valence-electron chi connectivity index (χ1n) is 9.02. The van der Waals surface area contributed by atoms with Crippen LogP contribution in [-0.4, -0.2) is 48.9 Å². The van der Waals surface area contributed by atoms with Gasteiger partial charge in [-0.3, -0.25) is 9.79 Å². The number of nitrogens with zero attached hydrogens (tertiary/aromatic N) is 2. The number of amides is 1. The molecule has 0 saturated carbocycles. The van der Waals surface area contributed by atoms with Crippen LogP contribution in [0.25, 0.3) is 0 Å². The van der Waals surface area contributed by atoms with Gasteiger partial charge in [0.15, 0.2) is 5.96 Å². The lowest BCUT2D eigenvalue weighted by Gasteiger charge is -2.16. The summed E-state index contributed by atoms with van der Waals surface area (Å²) in [4.78, 5) is 18.0. The van der Waals surface area contributed by atoms with Crippen molar-refractivity contribution < 1.29 is 4.79 Å². The van der Waals surface area contributed by atoms with E-state index >= 15 is 0 Å². The normalized spacial score (nSPS) is 14.3. The molecule has 0 spiro atoms. The molecule has 7 heteroatoms. The summed E-state index contributed by atoms with van der Waals surface area (Å²) in [6, 6.07) is 8.43. The largest absolute Gasteiger partial charge is 0.356 e. The molecule has 0 unspecified atom stereocenters. The van der Waals surface area contributed by atoms with Gasteiger partial charge in [-0.1, -0.05) is 24.3 Å². The fourth-order valence-electron chi connectivity index (χ4n) is 2.91. The molecule has 0 radical (unpaired) electrons. The second-order valence-electron chi connectivity index (χ2n) is 6.29. The molecule has 26 heavy (non-hydrogen) atoms. The third-order valence-corrected chi connectivity index (χ3v) is 4.98. The summed E-state index contributed by atoms with van der Waals surface area (Å²) in [5.74, 6) is 2.32. The number of hydrogen-bond donors (Lipinski definition) is 2. The standard InChI is InChI=1S/C19H30N4OS.HI/c1-20-19(21-10-3-4-12-25-2)22-14-16-7-5-8-17(13-16)15-23-11-6-9-18(23)24;/h5,7-8,13H,3-4,6,9-12,14-15H2,1-2H3,(H2,20,21,22);1H. The van der Waals surface area contributed by atoms with E-state index in [1.165, 1.54) is 23.3 Å². The number of guanidine groups is 1. The number of likely N-dealkylation sites (tertiary alicyclic amines) is 1. The van der Waals surface area contributed by atoms with E-state index < -0.39 is 0 Å². The number of halogens is 1. The van der Waals surface area contributed by atoms with Gasteiger partial charge in [-0.25, -0.2) is 0 Å². The van der Waals surface area contributed by atoms with E-state index in [9.17, 15) is 4.79 Å². The Hall–Kier alpha value is -0.960. The van der Waals surface area contributed by atoms with Gasteiger partial charge >= 0.3 is 0 Å². The maximum absolute atomic E-state index is 11.8. The first-order valence-corrected chi connectivity index (χ1v) is 10.4. The third kappa shape index (κ3) is 8.16. The number of rotatable bonds is 9. The highest BCUT2D eigenvalue weighted by molar-refractivity contribution is 14.0. The Kier molecular flexibility index (Phi) is 11.8. The van der Waals surface area contributed by atoms with Gasteiger partial charge in [-0.2, -0.15) is 11.8 Å². The molecule has 0 atom stereocenters. The Balaban J connectivity index is 0.00000338. The minimum Gasteiger partial charge on any atom is -0.356 e. The van der Waals surface area contributed by atoms with Gasteiger partial charge in [0.25, 0.3) is 0 Å². The van der Waals surface area contributed by atoms with Gasteiger partial charge in [-0.05, 0) is 42.4 Å². The van der Waals surface area contributed by atoms with Crippen molar-refractivity contribution in [1.29, 1.82) is 0 Å². The second-order valence-corrected chi connectivity index (χ2v) is 7.28. The lowest BCUT2D eigenvalue weighted by molar-refractivity contribution is -0.128. The summed E-state index contributed by atoms with van der Waals surface area (Å²) >= 11 is 1.89. The van der Waals surface area contributed by atoms with Crippen molar-refractivity contribution in [2.24, 2.45) is 4.99 Å². The molecule has 5 nitrogen and oxygen atoms in total. The first kappa shape index (κ1) is 23.1. The summed E-state index contributed by atoms with van der Waals surface area (Å²) in [5.41, 5.74) is 2.39. The van der Waals surface area contributed by atoms with E-state index in [4.69, 9.17) is 0 Å². The van der Waals surface area contributed by atoms with E-state index in [1.54, 1.807) is 7.05 Å². The fraction of sp³-hybridized carbons (Fsp3) is 0.579. The average Bonchev–Trinajstić information content (AvgIpc) is 3.02. The van der Waals surface area contributed by atoms with Crippen LogP contribution in [0.4, 0.5) is 0 Å². The number of thioether (sulfide) groups is 1. The quantitative estimate of drug-likeness (QED) is 0.242. The van der Waals surface area contributed by atoms with Crippen molar-refractivity contribution in [3.63, 3.8) is 0 Å². The molecule has 2 rings (SSSR count). The molecule has 1 aliphatic heterocycles. The molecular formula is C19H31IN4OS. The number of nitrogens with one attached hydrogen (secondary N) is 2. The lowest BCUT2D eigenvalue weighted by Crippen LogP contribution is -2.37. The highest BCUT2D eigenvalue weighted by atomic mass is 127. The van der Waals surface area contributed by atoms with Crippen molar-refractivity contribution in [2.75, 3.05) is 32.1 Å². The van der Waals surface area contributed by atoms with E-state index in [0.29, 0.717) is 6.42 Å². The van der Waals surface area contributed by atoms with Crippen LogP contribution >= 0.6 is 35.7 Å². The maximum Gasteiger partial charge on any atom is 0.222 e. The summed E-state index contributed by atoms with van der Waals surface area (Å²) in [5, 5.41) is 6.71. The molecule has 146 valence electrons. The zero-order chi connectivity index (χ0) is 17.9. The molecule has 0 aliphatic carbocycles. The number of aliphatic imine (C=N–C) groups is 1. The minimum atomic E-state index is 0. The maximum atomic E-state index is 11.8. The SMILES string of the molecule is CN=C(NCCCCSC)NCc1cccc(CN2CCCC2=O)c1.I. The summed E-state index contributed by atoms with van der Waals surface area (Å²) in [7, 11) is 1.80. The van der Waals surface area contributed by atoms with Crippen LogP contribution in [0.1, 0.15) is 36.8 Å². The van der Waals surface area contributed by atoms with E-state index in [2.05, 4.69) is 46.1 Å². The van der Waals surface area contributed by atoms with Crippen molar-refractivity contribution in [3.8, 4) is 0 Å². The molecule has 1 aromatic carbocycles. The Morgan fingerprint density at radius 2 is 2.08 bits per heavy atom. The van der Waals surface area contributed by atoms with Gasteiger partial charge in [0.05, 0.1) is 0 Å². The lowest BCUT2D eigenvalue weighted by atomic mass is 10.1. The molecular weight excluding hydrogens is 459 g/mol. The van der Waals surface area contributed by atoms with Crippen molar-refractivity contribution >= 4 is 47.6 Å². The van der Waals surface area contributed by atoms with Crippen LogP contribution in [0.5, 0.6) is 0 Å². The van der Waals surface area contributed by atoms with Gasteiger partial charge in [-0.15, -0.1) is 24.0 Å². The summed E-state index contributed by atoms with van der Waals surface area (Å²) < 4.78 is 0. The number of benzene rings is 1. The van der Waals surface area contributed by atoms with Gasteiger partial charge in [0.1, 0.15) is 0 Å². The van der Waals surface area contributed by atoms with Crippen LogP contribution in [0.15, 0.2) is 29.3 Å². The Morgan fingerprint density at radius 3 is 2.77 bits per heavy atom. The monoisotopic (exact) mass is 490 g/mol. The first-order chi connectivity index (χ1) is 12.2. The van der Waals surface area contributed by atoms with Crippen LogP contribution in [0.2, 0.25) is 0 Å². The van der Waals surface area contributed by atoms with Crippen LogP contribution in [0.3, 0.4) is 0 Å². The molecule has 0 bridgehead atoms. The molecule has 1 fully saturated rings. The van der Waals surface area contributed by atoms with Gasteiger partial charge in [0, 0.05) is 39.6 Å². The predicted molar refractivity (Wildman–Crippen MR) is 122 cm³/mol. The topological polar surface area (TPSA) is 56.7 Å². The molecule has 1 amide bonds.